The SMILES string of the molecule is CC1Oc2ccc(C(F)(F)F)cc2N(Cc2ccccc2)C1=O. The molecular formula is C17H14F3NO2. The highest BCUT2D eigenvalue weighted by Gasteiger charge is 2.36. The first kappa shape index (κ1) is 15.4. The van der Waals surface area contributed by atoms with Crippen LogP contribution in [0.4, 0.5) is 18.9 Å². The van der Waals surface area contributed by atoms with Crippen molar-refractivity contribution in [2.75, 3.05) is 4.90 Å². The monoisotopic (exact) mass is 321 g/mol. The summed E-state index contributed by atoms with van der Waals surface area (Å²) in [6.45, 7) is 1.78. The number of benzene rings is 2. The van der Waals surface area contributed by atoms with Gasteiger partial charge in [0.25, 0.3) is 5.91 Å². The molecule has 0 aliphatic carbocycles. The van der Waals surface area contributed by atoms with Crippen LogP contribution in [0.15, 0.2) is 48.5 Å². The molecule has 2 aromatic rings. The van der Waals surface area contributed by atoms with Crippen molar-refractivity contribution in [1.82, 2.24) is 0 Å². The van der Waals surface area contributed by atoms with Gasteiger partial charge in [0, 0.05) is 0 Å². The lowest BCUT2D eigenvalue weighted by molar-refractivity contribution is -0.137. The maximum atomic E-state index is 12.9. The van der Waals surface area contributed by atoms with E-state index in [-0.39, 0.29) is 23.9 Å². The molecule has 0 radical (unpaired) electrons. The number of alkyl halides is 3. The summed E-state index contributed by atoms with van der Waals surface area (Å²) in [5, 5.41) is 0. The quantitative estimate of drug-likeness (QED) is 0.836. The van der Waals surface area contributed by atoms with E-state index in [9.17, 15) is 18.0 Å². The Morgan fingerprint density at radius 3 is 2.48 bits per heavy atom. The number of carbonyl (C=O) groups excluding carboxylic acids is 1. The van der Waals surface area contributed by atoms with Gasteiger partial charge in [-0.05, 0) is 30.7 Å². The molecule has 0 saturated carbocycles. The van der Waals surface area contributed by atoms with Crippen molar-refractivity contribution in [3.05, 3.63) is 59.7 Å². The predicted octanol–water partition coefficient (Wildman–Crippen LogP) is 4.02. The number of hydrogen-bond acceptors (Lipinski definition) is 2. The van der Waals surface area contributed by atoms with E-state index in [0.29, 0.717) is 0 Å². The fraction of sp³-hybridized carbons (Fsp3) is 0.235. The Bertz CT molecular complexity index is 728. The summed E-state index contributed by atoms with van der Waals surface area (Å²) < 4.78 is 44.2. The molecule has 1 atom stereocenters. The summed E-state index contributed by atoms with van der Waals surface area (Å²) in [5.74, 6) is -0.0818. The number of fused-ring (bicyclic) bond motifs is 1. The molecule has 0 saturated heterocycles. The number of carbonyl (C=O) groups is 1. The van der Waals surface area contributed by atoms with Crippen LogP contribution in [-0.2, 0) is 17.5 Å². The maximum absolute atomic E-state index is 12.9. The van der Waals surface area contributed by atoms with Gasteiger partial charge in [-0.3, -0.25) is 4.79 Å². The predicted molar refractivity (Wildman–Crippen MR) is 79.2 cm³/mol. The third-order valence-corrected chi connectivity index (χ3v) is 3.68. The topological polar surface area (TPSA) is 29.5 Å². The van der Waals surface area contributed by atoms with Crippen LogP contribution in [0.25, 0.3) is 0 Å². The molecule has 6 heteroatoms. The summed E-state index contributed by atoms with van der Waals surface area (Å²) in [6.07, 6.45) is -5.21. The number of halogens is 3. The number of nitrogens with zero attached hydrogens (tertiary/aromatic N) is 1. The fourth-order valence-electron chi connectivity index (χ4n) is 2.51. The zero-order valence-electron chi connectivity index (χ0n) is 12.3. The number of amides is 1. The highest BCUT2D eigenvalue weighted by Crippen LogP contribution is 2.40. The lowest BCUT2D eigenvalue weighted by Gasteiger charge is -2.33. The van der Waals surface area contributed by atoms with Crippen LogP contribution < -0.4 is 9.64 Å². The minimum absolute atomic E-state index is 0.145. The van der Waals surface area contributed by atoms with Crippen LogP contribution in [0.3, 0.4) is 0 Å². The van der Waals surface area contributed by atoms with Gasteiger partial charge >= 0.3 is 6.18 Å². The molecular weight excluding hydrogens is 307 g/mol. The van der Waals surface area contributed by atoms with Crippen molar-refractivity contribution in [2.24, 2.45) is 0 Å². The first-order valence-corrected chi connectivity index (χ1v) is 7.09. The molecule has 2 aromatic carbocycles. The second-order valence-electron chi connectivity index (χ2n) is 5.35. The number of ether oxygens (including phenoxy) is 1. The Hall–Kier alpha value is -2.50. The van der Waals surface area contributed by atoms with E-state index in [2.05, 4.69) is 0 Å². The molecule has 0 fully saturated rings. The third kappa shape index (κ3) is 3.02. The van der Waals surface area contributed by atoms with E-state index in [1.807, 2.05) is 30.3 Å². The summed E-state index contributed by atoms with van der Waals surface area (Å²) in [6, 6.07) is 12.3. The van der Waals surface area contributed by atoms with Gasteiger partial charge in [0.1, 0.15) is 5.75 Å². The van der Waals surface area contributed by atoms with Crippen molar-refractivity contribution in [1.29, 1.82) is 0 Å². The van der Waals surface area contributed by atoms with Crippen LogP contribution in [0.5, 0.6) is 5.75 Å². The third-order valence-electron chi connectivity index (χ3n) is 3.68. The van der Waals surface area contributed by atoms with Gasteiger partial charge in [0.2, 0.25) is 0 Å². The Balaban J connectivity index is 2.03. The van der Waals surface area contributed by atoms with Crippen molar-refractivity contribution in [3.63, 3.8) is 0 Å². The molecule has 3 nitrogen and oxygen atoms in total. The van der Waals surface area contributed by atoms with Crippen molar-refractivity contribution in [3.8, 4) is 5.75 Å². The van der Waals surface area contributed by atoms with Crippen LogP contribution in [0.1, 0.15) is 18.1 Å². The smallest absolute Gasteiger partial charge is 0.416 e. The van der Waals surface area contributed by atoms with Crippen LogP contribution in [0, 0.1) is 0 Å². The standard InChI is InChI=1S/C17H14F3NO2/c1-11-16(22)21(10-12-5-3-2-4-6-12)14-9-13(17(18,19)20)7-8-15(14)23-11/h2-9,11H,10H2,1H3. The summed E-state index contributed by atoms with van der Waals surface area (Å²) in [7, 11) is 0. The van der Waals surface area contributed by atoms with Gasteiger partial charge in [-0.15, -0.1) is 0 Å². The Labute approximate surface area is 131 Å². The zero-order chi connectivity index (χ0) is 16.6. The Kier molecular flexibility index (Phi) is 3.75. The normalized spacial score (nSPS) is 17.7. The van der Waals surface area contributed by atoms with Gasteiger partial charge in [-0.25, -0.2) is 0 Å². The highest BCUT2D eigenvalue weighted by atomic mass is 19.4. The van der Waals surface area contributed by atoms with E-state index in [1.54, 1.807) is 6.92 Å². The van der Waals surface area contributed by atoms with Crippen molar-refractivity contribution >= 4 is 11.6 Å². The van der Waals surface area contributed by atoms with Crippen molar-refractivity contribution < 1.29 is 22.7 Å². The fourth-order valence-corrected chi connectivity index (χ4v) is 2.51. The molecule has 0 N–H and O–H groups in total. The van der Waals surface area contributed by atoms with E-state index < -0.39 is 17.8 Å². The minimum atomic E-state index is -4.47. The average molecular weight is 321 g/mol. The molecule has 120 valence electrons. The molecule has 1 aliphatic rings. The average Bonchev–Trinajstić information content (AvgIpc) is 2.51. The minimum Gasteiger partial charge on any atom is -0.479 e. The molecule has 3 rings (SSSR count). The van der Waals surface area contributed by atoms with E-state index in [1.165, 1.54) is 11.0 Å². The molecule has 0 bridgehead atoms. The van der Waals surface area contributed by atoms with Crippen LogP contribution >= 0.6 is 0 Å². The van der Waals surface area contributed by atoms with Gasteiger partial charge in [0.15, 0.2) is 6.10 Å². The first-order chi connectivity index (χ1) is 10.9. The van der Waals surface area contributed by atoms with E-state index in [4.69, 9.17) is 4.74 Å². The number of anilines is 1. The second-order valence-corrected chi connectivity index (χ2v) is 5.35. The number of hydrogen-bond donors (Lipinski definition) is 0. The van der Waals surface area contributed by atoms with E-state index in [0.717, 1.165) is 17.7 Å². The maximum Gasteiger partial charge on any atom is 0.416 e. The Morgan fingerprint density at radius 2 is 1.83 bits per heavy atom. The van der Waals surface area contributed by atoms with Crippen molar-refractivity contribution in [2.45, 2.75) is 25.7 Å². The molecule has 1 unspecified atom stereocenters. The van der Waals surface area contributed by atoms with Crippen LogP contribution in [-0.4, -0.2) is 12.0 Å². The molecule has 1 heterocycles. The largest absolute Gasteiger partial charge is 0.479 e. The second kappa shape index (κ2) is 5.61. The molecule has 1 aliphatic heterocycles. The molecule has 0 aromatic heterocycles. The lowest BCUT2D eigenvalue weighted by Crippen LogP contribution is -2.44. The van der Waals surface area contributed by atoms with Gasteiger partial charge < -0.3 is 9.64 Å². The van der Waals surface area contributed by atoms with E-state index >= 15 is 0 Å². The first-order valence-electron chi connectivity index (χ1n) is 7.09. The molecule has 23 heavy (non-hydrogen) atoms. The van der Waals surface area contributed by atoms with Crippen LogP contribution in [0.2, 0.25) is 0 Å². The zero-order valence-corrected chi connectivity index (χ0v) is 12.3. The Morgan fingerprint density at radius 1 is 1.13 bits per heavy atom. The summed E-state index contributed by atoms with van der Waals surface area (Å²) in [4.78, 5) is 13.7. The highest BCUT2D eigenvalue weighted by molar-refractivity contribution is 5.99. The lowest BCUT2D eigenvalue weighted by atomic mass is 10.1. The van der Waals surface area contributed by atoms with Gasteiger partial charge in [-0.1, -0.05) is 30.3 Å². The molecule has 0 spiro atoms. The number of rotatable bonds is 2. The summed E-state index contributed by atoms with van der Waals surface area (Å²) >= 11 is 0. The van der Waals surface area contributed by atoms with Gasteiger partial charge in [-0.2, -0.15) is 13.2 Å². The summed E-state index contributed by atoms with van der Waals surface area (Å²) in [5.41, 5.74) is 0.172. The van der Waals surface area contributed by atoms with Gasteiger partial charge in [0.05, 0.1) is 17.8 Å². The molecule has 1 amide bonds.